The molecule has 0 aromatic carbocycles. The maximum atomic E-state index is 11.8. The molecular weight excluding hydrogens is 548 g/mol. The van der Waals surface area contributed by atoms with Crippen molar-refractivity contribution in [3.8, 4) is 0 Å². The van der Waals surface area contributed by atoms with Gasteiger partial charge in [-0.1, -0.05) is 39.2 Å². The lowest BCUT2D eigenvalue weighted by atomic mass is 9.75. The molecule has 246 valence electrons. The number of pyridine rings is 1. The third-order valence-electron chi connectivity index (χ3n) is 8.20. The summed E-state index contributed by atoms with van der Waals surface area (Å²) in [6, 6.07) is 5.91. The van der Waals surface area contributed by atoms with Crippen LogP contribution in [0.25, 0.3) is 0 Å². The molecule has 10 nitrogen and oxygen atoms in total. The molecule has 1 aliphatic heterocycles. The zero-order valence-electron chi connectivity index (χ0n) is 26.7. The molecule has 3 fully saturated rings. The largest absolute Gasteiger partial charge is 0.383 e. The molecule has 43 heavy (non-hydrogen) atoms. The van der Waals surface area contributed by atoms with E-state index >= 15 is 0 Å². The van der Waals surface area contributed by atoms with Gasteiger partial charge in [-0.3, -0.25) is 24.2 Å². The van der Waals surface area contributed by atoms with Crippen LogP contribution in [0.15, 0.2) is 30.6 Å². The van der Waals surface area contributed by atoms with E-state index in [1.807, 2.05) is 32.0 Å². The van der Waals surface area contributed by atoms with Gasteiger partial charge in [-0.25, -0.2) is 0 Å². The molecule has 3 aliphatic rings. The Bertz CT molecular complexity index is 933. The summed E-state index contributed by atoms with van der Waals surface area (Å²) < 4.78 is 10.5. The van der Waals surface area contributed by atoms with E-state index in [-0.39, 0.29) is 44.4 Å². The molecule has 2 N–H and O–H groups in total. The standard InChI is InChI=1S/C18H31NO3.C10H18N2O3.C5H5N.2H2/c1-13(2)18(21)15-10-16(11-15)19-17(20)8-9-22-12-14-6-4-3-5-7-14;1-12-7-8(3-4-9(12)13)10(14)11-5-6-15-2;1-2-4-6-5-3-1;;/h13-16H,3-12H2,1-2H3,(H,19,20);8H,3-7H2,1-2H3,(H,11,14);1-5H;2*1H/t;8-;;;/m.0.../s1. The van der Waals surface area contributed by atoms with Crippen molar-refractivity contribution in [1.29, 1.82) is 0 Å². The molecule has 2 aliphatic carbocycles. The monoisotopic (exact) mass is 606 g/mol. The number of hydrogen-bond donors (Lipinski definition) is 2. The van der Waals surface area contributed by atoms with Crippen LogP contribution in [0.2, 0.25) is 0 Å². The predicted octanol–water partition coefficient (Wildman–Crippen LogP) is 4.28. The van der Waals surface area contributed by atoms with Crippen LogP contribution in [-0.4, -0.2) is 86.5 Å². The Labute approximate surface area is 261 Å². The molecular formula is C33H58N4O6. The predicted molar refractivity (Wildman–Crippen MR) is 170 cm³/mol. The molecule has 0 spiro atoms. The van der Waals surface area contributed by atoms with E-state index in [9.17, 15) is 19.2 Å². The molecule has 0 bridgehead atoms. The fourth-order valence-electron chi connectivity index (χ4n) is 5.47. The van der Waals surface area contributed by atoms with Crippen molar-refractivity contribution in [2.45, 2.75) is 84.1 Å². The minimum atomic E-state index is -0.0652. The van der Waals surface area contributed by atoms with E-state index in [2.05, 4.69) is 15.6 Å². The zero-order valence-corrected chi connectivity index (χ0v) is 26.7. The maximum absolute atomic E-state index is 11.8. The van der Waals surface area contributed by atoms with Gasteiger partial charge >= 0.3 is 0 Å². The number of nitrogens with one attached hydrogen (secondary N) is 2. The lowest BCUT2D eigenvalue weighted by Gasteiger charge is -2.35. The molecule has 1 aromatic rings. The van der Waals surface area contributed by atoms with Crippen molar-refractivity contribution in [2.24, 2.45) is 23.7 Å². The number of nitrogens with zero attached hydrogens (tertiary/aromatic N) is 2. The van der Waals surface area contributed by atoms with Gasteiger partial charge in [0.05, 0.1) is 19.1 Å². The Morgan fingerprint density at radius 1 is 1.02 bits per heavy atom. The van der Waals surface area contributed by atoms with Crippen LogP contribution in [0, 0.1) is 23.7 Å². The molecule has 1 saturated heterocycles. The zero-order chi connectivity index (χ0) is 31.5. The fraction of sp³-hybridized carbons (Fsp3) is 0.727. The van der Waals surface area contributed by atoms with Crippen molar-refractivity contribution in [1.82, 2.24) is 20.5 Å². The Balaban J connectivity index is 0.000000728. The van der Waals surface area contributed by atoms with Gasteiger partial charge in [0.2, 0.25) is 17.7 Å². The van der Waals surface area contributed by atoms with Crippen molar-refractivity contribution in [3.63, 3.8) is 0 Å². The number of methoxy groups -OCH3 is 1. The van der Waals surface area contributed by atoms with E-state index < -0.39 is 0 Å². The molecule has 0 radical (unpaired) electrons. The van der Waals surface area contributed by atoms with Gasteiger partial charge in [0.25, 0.3) is 0 Å². The highest BCUT2D eigenvalue weighted by Crippen LogP contribution is 2.30. The number of ketones is 1. The number of ether oxygens (including phenoxy) is 2. The van der Waals surface area contributed by atoms with E-state index in [4.69, 9.17) is 9.47 Å². The number of Topliss-reactive ketones (excluding diaryl/α,β-unsaturated/α-hetero) is 1. The topological polar surface area (TPSA) is 127 Å². The second kappa shape index (κ2) is 21.0. The summed E-state index contributed by atoms with van der Waals surface area (Å²) in [5.74, 6) is 1.44. The maximum Gasteiger partial charge on any atom is 0.224 e. The minimum absolute atomic E-state index is 0. The first-order valence-corrected chi connectivity index (χ1v) is 16.0. The van der Waals surface area contributed by atoms with E-state index in [1.165, 1.54) is 32.1 Å². The number of amides is 3. The molecule has 1 atom stereocenters. The second-order valence-electron chi connectivity index (χ2n) is 12.1. The average molecular weight is 607 g/mol. The van der Waals surface area contributed by atoms with E-state index in [1.54, 1.807) is 31.5 Å². The Kier molecular flexibility index (Phi) is 17.7. The number of carbonyl (C=O) groups is 4. The number of piperidine rings is 1. The Hall–Kier alpha value is -2.85. The smallest absolute Gasteiger partial charge is 0.224 e. The highest BCUT2D eigenvalue weighted by Gasteiger charge is 2.35. The lowest BCUT2D eigenvalue weighted by Crippen LogP contribution is -2.47. The highest BCUT2D eigenvalue weighted by molar-refractivity contribution is 5.84. The first-order valence-electron chi connectivity index (χ1n) is 16.0. The van der Waals surface area contributed by atoms with Crippen LogP contribution < -0.4 is 10.6 Å². The summed E-state index contributed by atoms with van der Waals surface area (Å²) in [6.07, 6.45) is 13.3. The van der Waals surface area contributed by atoms with Crippen LogP contribution in [-0.2, 0) is 28.7 Å². The molecule has 10 heteroatoms. The highest BCUT2D eigenvalue weighted by atomic mass is 16.5. The molecule has 0 unspecified atom stereocenters. The van der Waals surface area contributed by atoms with E-state index in [0.29, 0.717) is 57.3 Å². The summed E-state index contributed by atoms with van der Waals surface area (Å²) in [6.45, 7) is 6.79. The van der Waals surface area contributed by atoms with Gasteiger partial charge in [-0.05, 0) is 50.2 Å². The Morgan fingerprint density at radius 2 is 1.72 bits per heavy atom. The number of likely N-dealkylation sites (tertiary alicyclic amines) is 1. The molecule has 3 amide bonds. The van der Waals surface area contributed by atoms with Crippen molar-refractivity contribution >= 4 is 23.5 Å². The van der Waals surface area contributed by atoms with Crippen LogP contribution in [0.4, 0.5) is 0 Å². The number of hydrogen-bond acceptors (Lipinski definition) is 7. The van der Waals surface area contributed by atoms with Gasteiger partial charge in [0.15, 0.2) is 0 Å². The van der Waals surface area contributed by atoms with Crippen molar-refractivity contribution in [2.75, 3.05) is 47.1 Å². The number of rotatable bonds is 12. The lowest BCUT2D eigenvalue weighted by molar-refractivity contribution is -0.137. The number of aromatic nitrogens is 1. The van der Waals surface area contributed by atoms with Gasteiger partial charge in [-0.2, -0.15) is 0 Å². The third-order valence-corrected chi connectivity index (χ3v) is 8.20. The summed E-state index contributed by atoms with van der Waals surface area (Å²) in [5, 5.41) is 5.79. The van der Waals surface area contributed by atoms with Gasteiger partial charge in [-0.15, -0.1) is 0 Å². The third kappa shape index (κ3) is 14.9. The van der Waals surface area contributed by atoms with Crippen molar-refractivity contribution in [3.05, 3.63) is 30.6 Å². The Morgan fingerprint density at radius 3 is 2.28 bits per heavy atom. The summed E-state index contributed by atoms with van der Waals surface area (Å²) in [4.78, 5) is 51.8. The second-order valence-corrected chi connectivity index (χ2v) is 12.1. The minimum Gasteiger partial charge on any atom is -0.383 e. The SMILES string of the molecule is CC(C)C(=O)C1CC(NC(=O)CCOCC2CCCCC2)C1.COCCNC(=O)[C@H]1CCC(=O)N(C)C1.[HH].[HH].c1ccncc1. The van der Waals surface area contributed by atoms with Gasteiger partial charge in [0.1, 0.15) is 5.78 Å². The van der Waals surface area contributed by atoms with Crippen LogP contribution in [0.3, 0.4) is 0 Å². The average Bonchev–Trinajstić information content (AvgIpc) is 3.00. The summed E-state index contributed by atoms with van der Waals surface area (Å²) in [5.41, 5.74) is 0. The van der Waals surface area contributed by atoms with E-state index in [0.717, 1.165) is 19.4 Å². The molecule has 2 heterocycles. The van der Waals surface area contributed by atoms with Gasteiger partial charge in [0, 0.05) is 79.8 Å². The molecule has 2 saturated carbocycles. The summed E-state index contributed by atoms with van der Waals surface area (Å²) >= 11 is 0. The van der Waals surface area contributed by atoms with Crippen LogP contribution in [0.1, 0.15) is 80.9 Å². The molecule has 4 rings (SSSR count). The van der Waals surface area contributed by atoms with Crippen LogP contribution in [0.5, 0.6) is 0 Å². The van der Waals surface area contributed by atoms with Gasteiger partial charge < -0.3 is 25.0 Å². The normalized spacial score (nSPS) is 21.8. The quantitative estimate of drug-likeness (QED) is 0.340. The van der Waals surface area contributed by atoms with Crippen molar-refractivity contribution < 1.29 is 31.5 Å². The number of carbonyl (C=O) groups excluding carboxylic acids is 4. The van der Waals surface area contributed by atoms with Crippen LogP contribution >= 0.6 is 0 Å². The molecule has 1 aromatic heterocycles. The first-order chi connectivity index (χ1) is 20.7. The first kappa shape index (κ1) is 36.3. The summed E-state index contributed by atoms with van der Waals surface area (Å²) in [7, 11) is 3.33. The fourth-order valence-corrected chi connectivity index (χ4v) is 5.47.